The lowest BCUT2D eigenvalue weighted by atomic mass is 10.1. The number of carbonyl (C=O) groups excluding carboxylic acids is 1. The second-order valence-electron chi connectivity index (χ2n) is 7.61. The smallest absolute Gasteiger partial charge is 0.255 e. The molecule has 2 aromatic carbocycles. The molecule has 6 heteroatoms. The van der Waals surface area contributed by atoms with Gasteiger partial charge < -0.3 is 10.2 Å². The van der Waals surface area contributed by atoms with Gasteiger partial charge in [0.05, 0.1) is 10.0 Å². The lowest BCUT2D eigenvalue weighted by Crippen LogP contribution is -2.46. The summed E-state index contributed by atoms with van der Waals surface area (Å²) in [5.74, 6) is -0.193. The highest BCUT2D eigenvalue weighted by Crippen LogP contribution is 2.23. The van der Waals surface area contributed by atoms with Crippen LogP contribution in [-0.2, 0) is 6.54 Å². The third-order valence-corrected chi connectivity index (χ3v) is 6.05. The molecule has 1 N–H and O–H groups in total. The minimum absolute atomic E-state index is 0.193. The number of amides is 1. The Labute approximate surface area is 183 Å². The second kappa shape index (κ2) is 11.0. The molecule has 1 amide bonds. The van der Waals surface area contributed by atoms with Crippen molar-refractivity contribution in [1.29, 1.82) is 0 Å². The molecule has 0 spiro atoms. The monoisotopic (exact) mass is 433 g/mol. The van der Waals surface area contributed by atoms with Gasteiger partial charge in [0.2, 0.25) is 0 Å². The zero-order valence-corrected chi connectivity index (χ0v) is 18.5. The topological polar surface area (TPSA) is 35.6 Å². The second-order valence-corrected chi connectivity index (χ2v) is 8.42. The summed E-state index contributed by atoms with van der Waals surface area (Å²) in [4.78, 5) is 17.5. The van der Waals surface area contributed by atoms with E-state index in [0.29, 0.717) is 15.6 Å². The number of halogens is 2. The molecule has 0 aromatic heterocycles. The Hall–Kier alpha value is -1.59. The maximum Gasteiger partial charge on any atom is 0.255 e. The van der Waals surface area contributed by atoms with Crippen molar-refractivity contribution in [3.05, 3.63) is 63.6 Å². The summed E-state index contributed by atoms with van der Waals surface area (Å²) in [5.41, 5.74) is 2.48. The molecule has 29 heavy (non-hydrogen) atoms. The fraction of sp³-hybridized carbons (Fsp3) is 0.435. The third-order valence-electron chi connectivity index (χ3n) is 5.32. The van der Waals surface area contributed by atoms with Crippen LogP contribution in [-0.4, -0.2) is 48.4 Å². The largest absolute Gasteiger partial charge is 0.322 e. The molecule has 2 aromatic rings. The Morgan fingerprint density at radius 2 is 1.72 bits per heavy atom. The predicted octanol–water partition coefficient (Wildman–Crippen LogP) is 5.55. The summed E-state index contributed by atoms with van der Waals surface area (Å²) in [7, 11) is 0. The number of benzene rings is 2. The van der Waals surface area contributed by atoms with Crippen LogP contribution in [0.25, 0.3) is 0 Å². The zero-order valence-electron chi connectivity index (χ0n) is 17.0. The van der Waals surface area contributed by atoms with Gasteiger partial charge in [-0.25, -0.2) is 0 Å². The van der Waals surface area contributed by atoms with Crippen LogP contribution in [0.5, 0.6) is 0 Å². The van der Waals surface area contributed by atoms with Gasteiger partial charge in [-0.3, -0.25) is 9.69 Å². The van der Waals surface area contributed by atoms with Gasteiger partial charge in [0.15, 0.2) is 0 Å². The first-order valence-corrected chi connectivity index (χ1v) is 11.1. The molecule has 0 bridgehead atoms. The van der Waals surface area contributed by atoms with E-state index >= 15 is 0 Å². The molecular formula is C23H29Cl2N3O. The van der Waals surface area contributed by atoms with Crippen LogP contribution in [0.4, 0.5) is 5.69 Å². The first-order valence-electron chi connectivity index (χ1n) is 10.3. The summed E-state index contributed by atoms with van der Waals surface area (Å²) in [6.45, 7) is 8.82. The third kappa shape index (κ3) is 6.71. The van der Waals surface area contributed by atoms with Crippen molar-refractivity contribution in [2.45, 2.75) is 32.7 Å². The van der Waals surface area contributed by atoms with Gasteiger partial charge >= 0.3 is 0 Å². The molecule has 1 aliphatic rings. The Bertz CT molecular complexity index is 820. The van der Waals surface area contributed by atoms with E-state index in [-0.39, 0.29) is 5.91 Å². The quantitative estimate of drug-likeness (QED) is 0.553. The number of carbonyl (C=O) groups is 1. The number of nitrogens with one attached hydrogen (secondary N) is 1. The van der Waals surface area contributed by atoms with E-state index < -0.39 is 0 Å². The first-order chi connectivity index (χ1) is 14.0. The Morgan fingerprint density at radius 1 is 0.966 bits per heavy atom. The van der Waals surface area contributed by atoms with Gasteiger partial charge in [0, 0.05) is 44.0 Å². The fourth-order valence-corrected chi connectivity index (χ4v) is 3.90. The SMILES string of the molecule is CCCCCN1CCN(Cc2cccc(NC(=O)c3ccc(Cl)c(Cl)c3)c2)CC1. The standard InChI is InChI=1S/C23H29Cl2N3O/c1-2-3-4-10-27-11-13-28(14-12-27)17-18-6-5-7-20(15-18)26-23(29)19-8-9-21(24)22(25)16-19/h5-9,15-16H,2-4,10-14,17H2,1H3,(H,26,29). The van der Waals surface area contributed by atoms with Gasteiger partial charge in [0.25, 0.3) is 5.91 Å². The Morgan fingerprint density at radius 3 is 2.45 bits per heavy atom. The minimum Gasteiger partial charge on any atom is -0.322 e. The molecule has 0 saturated carbocycles. The van der Waals surface area contributed by atoms with Crippen molar-refractivity contribution in [3.8, 4) is 0 Å². The van der Waals surface area contributed by atoms with Crippen molar-refractivity contribution in [2.24, 2.45) is 0 Å². The molecule has 1 heterocycles. The molecule has 1 aliphatic heterocycles. The maximum atomic E-state index is 12.5. The number of nitrogens with zero attached hydrogens (tertiary/aromatic N) is 2. The lowest BCUT2D eigenvalue weighted by molar-refractivity contribution is 0.102. The summed E-state index contributed by atoms with van der Waals surface area (Å²) in [5, 5.41) is 3.77. The van der Waals surface area contributed by atoms with Crippen LogP contribution < -0.4 is 5.32 Å². The number of hydrogen-bond donors (Lipinski definition) is 1. The minimum atomic E-state index is -0.193. The number of anilines is 1. The van der Waals surface area contributed by atoms with Crippen molar-refractivity contribution >= 4 is 34.8 Å². The van der Waals surface area contributed by atoms with E-state index in [4.69, 9.17) is 23.2 Å². The summed E-state index contributed by atoms with van der Waals surface area (Å²) >= 11 is 11.9. The fourth-order valence-electron chi connectivity index (χ4n) is 3.60. The highest BCUT2D eigenvalue weighted by atomic mass is 35.5. The van der Waals surface area contributed by atoms with Crippen LogP contribution in [0.3, 0.4) is 0 Å². The van der Waals surface area contributed by atoms with E-state index in [2.05, 4.69) is 28.1 Å². The molecule has 3 rings (SSSR count). The first kappa shape index (κ1) is 22.1. The summed E-state index contributed by atoms with van der Waals surface area (Å²) < 4.78 is 0. The van der Waals surface area contributed by atoms with Crippen LogP contribution in [0.2, 0.25) is 10.0 Å². The molecule has 1 saturated heterocycles. The van der Waals surface area contributed by atoms with Crippen LogP contribution >= 0.6 is 23.2 Å². The van der Waals surface area contributed by atoms with Crippen LogP contribution in [0, 0.1) is 0 Å². The average molecular weight is 434 g/mol. The van der Waals surface area contributed by atoms with Crippen LogP contribution in [0.1, 0.15) is 42.1 Å². The highest BCUT2D eigenvalue weighted by Gasteiger charge is 2.16. The van der Waals surface area contributed by atoms with E-state index in [0.717, 1.165) is 38.4 Å². The predicted molar refractivity (Wildman–Crippen MR) is 122 cm³/mol. The van der Waals surface area contributed by atoms with E-state index in [1.807, 2.05) is 18.2 Å². The molecule has 0 radical (unpaired) electrons. The lowest BCUT2D eigenvalue weighted by Gasteiger charge is -2.34. The number of unbranched alkanes of at least 4 members (excludes halogenated alkanes) is 2. The molecule has 0 unspecified atom stereocenters. The van der Waals surface area contributed by atoms with Crippen molar-refractivity contribution < 1.29 is 4.79 Å². The van der Waals surface area contributed by atoms with Gasteiger partial charge in [-0.2, -0.15) is 0 Å². The summed E-state index contributed by atoms with van der Waals surface area (Å²) in [6, 6.07) is 12.9. The number of hydrogen-bond acceptors (Lipinski definition) is 3. The van der Waals surface area contributed by atoms with E-state index in [1.165, 1.54) is 31.4 Å². The number of rotatable bonds is 8. The average Bonchev–Trinajstić information content (AvgIpc) is 2.72. The molecule has 0 atom stereocenters. The van der Waals surface area contributed by atoms with E-state index in [9.17, 15) is 4.79 Å². The molecular weight excluding hydrogens is 405 g/mol. The van der Waals surface area contributed by atoms with Gasteiger partial charge in [-0.1, -0.05) is 55.1 Å². The molecule has 156 valence electrons. The highest BCUT2D eigenvalue weighted by molar-refractivity contribution is 6.42. The molecule has 1 fully saturated rings. The van der Waals surface area contributed by atoms with Crippen LogP contribution in [0.15, 0.2) is 42.5 Å². The number of piperazine rings is 1. The van der Waals surface area contributed by atoms with Gasteiger partial charge in [-0.15, -0.1) is 0 Å². The zero-order chi connectivity index (χ0) is 20.6. The van der Waals surface area contributed by atoms with Gasteiger partial charge in [0.1, 0.15) is 0 Å². The summed E-state index contributed by atoms with van der Waals surface area (Å²) in [6.07, 6.45) is 3.90. The van der Waals surface area contributed by atoms with E-state index in [1.54, 1.807) is 18.2 Å². The molecule has 0 aliphatic carbocycles. The van der Waals surface area contributed by atoms with Gasteiger partial charge in [-0.05, 0) is 48.9 Å². The normalized spacial score (nSPS) is 15.4. The Kier molecular flexibility index (Phi) is 8.37. The van der Waals surface area contributed by atoms with Crippen molar-refractivity contribution in [3.63, 3.8) is 0 Å². The Balaban J connectivity index is 1.52. The molecule has 4 nitrogen and oxygen atoms in total. The van der Waals surface area contributed by atoms with Crippen molar-refractivity contribution in [2.75, 3.05) is 38.0 Å². The maximum absolute atomic E-state index is 12.5. The van der Waals surface area contributed by atoms with Crippen molar-refractivity contribution in [1.82, 2.24) is 9.80 Å².